The lowest BCUT2D eigenvalue weighted by atomic mass is 9.89. The molecule has 4 heteroatoms. The van der Waals surface area contributed by atoms with Crippen LogP contribution in [0.15, 0.2) is 60.7 Å². The lowest BCUT2D eigenvalue weighted by Crippen LogP contribution is -2.33. The number of nitrogens with zero attached hydrogens (tertiary/aromatic N) is 1. The third-order valence-corrected chi connectivity index (χ3v) is 3.86. The van der Waals surface area contributed by atoms with Crippen LogP contribution in [-0.4, -0.2) is 12.0 Å². The molecular weight excluding hydrogens is 264 g/mol. The molecule has 0 aliphatic carbocycles. The number of nitrogens with two attached hydrogens (primary N) is 1. The zero-order valence-corrected chi connectivity index (χ0v) is 11.8. The maximum Gasteiger partial charge on any atom is 0.225 e. The van der Waals surface area contributed by atoms with Gasteiger partial charge in [-0.1, -0.05) is 48.5 Å². The summed E-state index contributed by atoms with van der Waals surface area (Å²) in [6.45, 7) is 1.88. The van der Waals surface area contributed by atoms with Crippen LogP contribution in [0.25, 0.3) is 0 Å². The van der Waals surface area contributed by atoms with Crippen LogP contribution in [0.4, 0.5) is 5.69 Å². The first kappa shape index (κ1) is 13.6. The number of hydrogen-bond acceptors (Lipinski definition) is 3. The van der Waals surface area contributed by atoms with E-state index in [4.69, 9.17) is 10.6 Å². The number of carbonyl (C=O) groups is 1. The average Bonchev–Trinajstić information content (AvgIpc) is 2.86. The first-order valence-corrected chi connectivity index (χ1v) is 7.04. The molecule has 2 aromatic rings. The topological polar surface area (TPSA) is 55.6 Å². The molecule has 1 aliphatic heterocycles. The van der Waals surface area contributed by atoms with Crippen LogP contribution in [0.3, 0.4) is 0 Å². The molecule has 2 N–H and O–H groups in total. The number of primary amides is 1. The van der Waals surface area contributed by atoms with E-state index < -0.39 is 0 Å². The highest BCUT2D eigenvalue weighted by Gasteiger charge is 2.45. The predicted molar refractivity (Wildman–Crippen MR) is 81.3 cm³/mol. The van der Waals surface area contributed by atoms with Crippen molar-refractivity contribution < 1.29 is 9.63 Å². The van der Waals surface area contributed by atoms with Crippen LogP contribution < -0.4 is 10.8 Å². The van der Waals surface area contributed by atoms with Crippen LogP contribution in [0.2, 0.25) is 0 Å². The Morgan fingerprint density at radius 2 is 1.62 bits per heavy atom. The average molecular weight is 282 g/mol. The van der Waals surface area contributed by atoms with Crippen molar-refractivity contribution in [3.8, 4) is 0 Å². The molecule has 0 unspecified atom stereocenters. The summed E-state index contributed by atoms with van der Waals surface area (Å²) < 4.78 is 0. The summed E-state index contributed by atoms with van der Waals surface area (Å²) >= 11 is 0. The fourth-order valence-corrected chi connectivity index (χ4v) is 2.89. The number of carbonyl (C=O) groups excluding carboxylic acids is 1. The van der Waals surface area contributed by atoms with Gasteiger partial charge in [-0.15, -0.1) is 0 Å². The summed E-state index contributed by atoms with van der Waals surface area (Å²) in [6.07, 6.45) is -0.257. The highest BCUT2D eigenvalue weighted by Crippen LogP contribution is 2.41. The number of benzene rings is 2. The normalized spacial score (nSPS) is 25.0. The van der Waals surface area contributed by atoms with Gasteiger partial charge in [0.05, 0.1) is 23.8 Å². The Morgan fingerprint density at radius 3 is 2.19 bits per heavy atom. The van der Waals surface area contributed by atoms with Gasteiger partial charge < -0.3 is 5.73 Å². The summed E-state index contributed by atoms with van der Waals surface area (Å²) in [5, 5.41) is 1.80. The molecule has 108 valence electrons. The van der Waals surface area contributed by atoms with Crippen LogP contribution in [0.5, 0.6) is 0 Å². The van der Waals surface area contributed by atoms with Crippen LogP contribution >= 0.6 is 0 Å². The SMILES string of the molecule is C[C@H]1ON(c2ccccc2)[C@H](c2ccccc2)[C@@H]1C(N)=O. The zero-order chi connectivity index (χ0) is 14.8. The smallest absolute Gasteiger partial charge is 0.225 e. The molecule has 2 aromatic carbocycles. The monoisotopic (exact) mass is 282 g/mol. The molecule has 1 saturated heterocycles. The maximum atomic E-state index is 11.9. The molecule has 0 saturated carbocycles. The lowest BCUT2D eigenvalue weighted by molar-refractivity contribution is -0.123. The van der Waals surface area contributed by atoms with Gasteiger partial charge in [-0.2, -0.15) is 0 Å². The molecule has 3 atom stereocenters. The van der Waals surface area contributed by atoms with E-state index in [1.54, 1.807) is 5.06 Å². The van der Waals surface area contributed by atoms with Gasteiger partial charge in [-0.25, -0.2) is 5.06 Å². The number of rotatable bonds is 3. The number of hydrogen-bond donors (Lipinski definition) is 1. The van der Waals surface area contributed by atoms with E-state index in [1.165, 1.54) is 0 Å². The molecule has 3 rings (SSSR count). The second-order valence-corrected chi connectivity index (χ2v) is 5.26. The second kappa shape index (κ2) is 5.58. The van der Waals surface area contributed by atoms with E-state index in [0.717, 1.165) is 11.3 Å². The third-order valence-electron chi connectivity index (χ3n) is 3.86. The van der Waals surface area contributed by atoms with E-state index in [1.807, 2.05) is 67.6 Å². The van der Waals surface area contributed by atoms with E-state index in [2.05, 4.69) is 0 Å². The predicted octanol–water partition coefficient (Wildman–Crippen LogP) is 2.67. The van der Waals surface area contributed by atoms with Crippen molar-refractivity contribution in [1.29, 1.82) is 0 Å². The number of hydroxylamine groups is 1. The molecule has 0 aromatic heterocycles. The van der Waals surface area contributed by atoms with Crippen molar-refractivity contribution >= 4 is 11.6 Å². The summed E-state index contributed by atoms with van der Waals surface area (Å²) in [5.41, 5.74) is 7.55. The Bertz CT molecular complexity index is 615. The Labute approximate surface area is 124 Å². The highest BCUT2D eigenvalue weighted by molar-refractivity contribution is 5.79. The first-order chi connectivity index (χ1) is 10.2. The van der Waals surface area contributed by atoms with Crippen molar-refractivity contribution in [2.75, 3.05) is 5.06 Å². The lowest BCUT2D eigenvalue weighted by Gasteiger charge is -2.26. The first-order valence-electron chi connectivity index (χ1n) is 7.04. The van der Waals surface area contributed by atoms with Crippen molar-refractivity contribution in [1.82, 2.24) is 0 Å². The van der Waals surface area contributed by atoms with E-state index in [9.17, 15) is 4.79 Å². The van der Waals surface area contributed by atoms with Gasteiger partial charge >= 0.3 is 0 Å². The summed E-state index contributed by atoms with van der Waals surface area (Å²) in [4.78, 5) is 17.8. The summed E-state index contributed by atoms with van der Waals surface area (Å²) in [6, 6.07) is 19.4. The quantitative estimate of drug-likeness (QED) is 0.941. The molecule has 0 bridgehead atoms. The van der Waals surface area contributed by atoms with Crippen molar-refractivity contribution in [2.24, 2.45) is 11.7 Å². The largest absolute Gasteiger partial charge is 0.369 e. The maximum absolute atomic E-state index is 11.9. The van der Waals surface area contributed by atoms with Crippen molar-refractivity contribution in [3.63, 3.8) is 0 Å². The second-order valence-electron chi connectivity index (χ2n) is 5.26. The minimum absolute atomic E-state index is 0.207. The third kappa shape index (κ3) is 2.50. The fourth-order valence-electron chi connectivity index (χ4n) is 2.89. The van der Waals surface area contributed by atoms with Crippen LogP contribution in [-0.2, 0) is 9.63 Å². The van der Waals surface area contributed by atoms with Crippen molar-refractivity contribution in [2.45, 2.75) is 19.1 Å². The standard InChI is InChI=1S/C17H18N2O2/c1-12-15(17(18)20)16(13-8-4-2-5-9-13)19(21-12)14-10-6-3-7-11-14/h2-12,15-16H,1H3,(H2,18,20)/t12-,15-,16-/m1/s1. The van der Waals surface area contributed by atoms with E-state index in [-0.39, 0.29) is 24.0 Å². The molecule has 1 fully saturated rings. The molecular formula is C17H18N2O2. The Balaban J connectivity index is 2.05. The molecule has 1 heterocycles. The van der Waals surface area contributed by atoms with Gasteiger partial charge in [0, 0.05) is 0 Å². The minimum Gasteiger partial charge on any atom is -0.369 e. The van der Waals surface area contributed by atoms with Crippen molar-refractivity contribution in [3.05, 3.63) is 66.2 Å². The fraction of sp³-hybridized carbons (Fsp3) is 0.235. The minimum atomic E-state index is -0.382. The molecule has 1 aliphatic rings. The number of anilines is 1. The highest BCUT2D eigenvalue weighted by atomic mass is 16.7. The van der Waals surface area contributed by atoms with Gasteiger partial charge in [0.2, 0.25) is 5.91 Å². The van der Waals surface area contributed by atoms with Gasteiger partial charge in [0.15, 0.2) is 0 Å². The van der Waals surface area contributed by atoms with Gasteiger partial charge in [0.25, 0.3) is 0 Å². The van der Waals surface area contributed by atoms with Gasteiger partial charge in [-0.3, -0.25) is 9.63 Å². The molecule has 0 radical (unpaired) electrons. The Hall–Kier alpha value is -2.33. The number of para-hydroxylation sites is 1. The van der Waals surface area contributed by atoms with Gasteiger partial charge in [-0.05, 0) is 24.6 Å². The Morgan fingerprint density at radius 1 is 1.05 bits per heavy atom. The number of amides is 1. The van der Waals surface area contributed by atoms with Crippen LogP contribution in [0, 0.1) is 5.92 Å². The van der Waals surface area contributed by atoms with Gasteiger partial charge in [0.1, 0.15) is 0 Å². The molecule has 1 amide bonds. The molecule has 0 spiro atoms. The molecule has 21 heavy (non-hydrogen) atoms. The zero-order valence-electron chi connectivity index (χ0n) is 11.8. The van der Waals surface area contributed by atoms with E-state index >= 15 is 0 Å². The van der Waals surface area contributed by atoms with E-state index in [0.29, 0.717) is 0 Å². The Kier molecular flexibility index (Phi) is 3.62. The molecule has 4 nitrogen and oxygen atoms in total. The van der Waals surface area contributed by atoms with Crippen LogP contribution in [0.1, 0.15) is 18.5 Å². The summed E-state index contributed by atoms with van der Waals surface area (Å²) in [7, 11) is 0. The summed E-state index contributed by atoms with van der Waals surface area (Å²) in [5.74, 6) is -0.720.